The summed E-state index contributed by atoms with van der Waals surface area (Å²) >= 11 is 0. The molecule has 0 aromatic carbocycles. The number of hydrogen-bond acceptors (Lipinski definition) is 5. The Balaban J connectivity index is 2.17. The second kappa shape index (κ2) is 4.47. The lowest BCUT2D eigenvalue weighted by molar-refractivity contribution is 0.455. The summed E-state index contributed by atoms with van der Waals surface area (Å²) in [7, 11) is 0. The fraction of sp³-hybridized carbons (Fsp3) is 0.100. The van der Waals surface area contributed by atoms with E-state index in [9.17, 15) is 0 Å². The first-order valence-corrected chi connectivity index (χ1v) is 4.47. The fourth-order valence-corrected chi connectivity index (χ4v) is 1.06. The minimum absolute atomic E-state index is 0.344. The van der Waals surface area contributed by atoms with Gasteiger partial charge in [-0.05, 0) is 12.1 Å². The third kappa shape index (κ3) is 2.47. The summed E-state index contributed by atoms with van der Waals surface area (Å²) in [5.41, 5.74) is 6.13. The molecule has 2 rings (SSSR count). The van der Waals surface area contributed by atoms with Crippen LogP contribution in [0.5, 0.6) is 11.6 Å². The Kier molecular flexibility index (Phi) is 2.85. The van der Waals surface area contributed by atoms with Crippen LogP contribution in [-0.4, -0.2) is 15.0 Å². The number of aromatic nitrogens is 3. The van der Waals surface area contributed by atoms with Crippen molar-refractivity contribution in [3.8, 4) is 11.6 Å². The summed E-state index contributed by atoms with van der Waals surface area (Å²) in [6, 6.07) is 3.58. The van der Waals surface area contributed by atoms with Gasteiger partial charge in [-0.1, -0.05) is 0 Å². The van der Waals surface area contributed by atoms with Gasteiger partial charge in [-0.3, -0.25) is 9.97 Å². The van der Waals surface area contributed by atoms with Crippen LogP contribution in [-0.2, 0) is 6.54 Å². The van der Waals surface area contributed by atoms with Crippen LogP contribution in [0.4, 0.5) is 0 Å². The molecule has 0 bridgehead atoms. The average Bonchev–Trinajstić information content (AvgIpc) is 2.31. The molecule has 2 aromatic rings. The van der Waals surface area contributed by atoms with Gasteiger partial charge in [-0.15, -0.1) is 0 Å². The summed E-state index contributed by atoms with van der Waals surface area (Å²) in [6.45, 7) is 0.344. The van der Waals surface area contributed by atoms with Crippen molar-refractivity contribution in [3.63, 3.8) is 0 Å². The van der Waals surface area contributed by atoms with Crippen LogP contribution >= 0.6 is 0 Å². The van der Waals surface area contributed by atoms with Gasteiger partial charge < -0.3 is 10.5 Å². The molecule has 5 nitrogen and oxygen atoms in total. The third-order valence-electron chi connectivity index (χ3n) is 1.73. The predicted octanol–water partition coefficient (Wildman–Crippen LogP) is 1.12. The van der Waals surface area contributed by atoms with Crippen molar-refractivity contribution in [1.29, 1.82) is 0 Å². The molecule has 0 spiro atoms. The highest BCUT2D eigenvalue weighted by atomic mass is 16.5. The van der Waals surface area contributed by atoms with E-state index in [4.69, 9.17) is 10.5 Å². The number of nitrogens with two attached hydrogens (primary N) is 1. The molecular formula is C10H10N4O. The van der Waals surface area contributed by atoms with E-state index >= 15 is 0 Å². The second-order valence-corrected chi connectivity index (χ2v) is 2.84. The minimum Gasteiger partial charge on any atom is -0.436 e. The molecule has 0 atom stereocenters. The van der Waals surface area contributed by atoms with Gasteiger partial charge in [0.2, 0.25) is 5.88 Å². The molecule has 2 N–H and O–H groups in total. The van der Waals surface area contributed by atoms with E-state index in [1.165, 1.54) is 6.20 Å². The van der Waals surface area contributed by atoms with Gasteiger partial charge in [0.15, 0.2) is 0 Å². The lowest BCUT2D eigenvalue weighted by atomic mass is 10.4. The van der Waals surface area contributed by atoms with Crippen molar-refractivity contribution in [2.75, 3.05) is 0 Å². The Morgan fingerprint density at radius 1 is 1.20 bits per heavy atom. The molecule has 0 radical (unpaired) electrons. The maximum atomic E-state index is 5.44. The van der Waals surface area contributed by atoms with E-state index in [1.807, 2.05) is 0 Å². The van der Waals surface area contributed by atoms with E-state index < -0.39 is 0 Å². The quantitative estimate of drug-likeness (QED) is 0.807. The maximum Gasteiger partial charge on any atom is 0.238 e. The molecule has 2 heterocycles. The lowest BCUT2D eigenvalue weighted by Crippen LogP contribution is -2.01. The molecule has 0 aliphatic carbocycles. The second-order valence-electron chi connectivity index (χ2n) is 2.84. The molecule has 0 aliphatic rings. The minimum atomic E-state index is 0.344. The number of pyridine rings is 1. The van der Waals surface area contributed by atoms with Gasteiger partial charge in [0.1, 0.15) is 5.75 Å². The molecule has 0 fully saturated rings. The zero-order valence-corrected chi connectivity index (χ0v) is 8.00. The highest BCUT2D eigenvalue weighted by Crippen LogP contribution is 2.16. The summed E-state index contributed by atoms with van der Waals surface area (Å²) in [6.07, 6.45) is 6.42. The zero-order valence-electron chi connectivity index (χ0n) is 8.00. The summed E-state index contributed by atoms with van der Waals surface area (Å²) in [5, 5.41) is 0. The number of nitrogens with zero attached hydrogens (tertiary/aromatic N) is 3. The van der Waals surface area contributed by atoms with Gasteiger partial charge in [-0.25, -0.2) is 4.98 Å². The van der Waals surface area contributed by atoms with Crippen molar-refractivity contribution in [2.45, 2.75) is 6.54 Å². The van der Waals surface area contributed by atoms with Crippen molar-refractivity contribution in [2.24, 2.45) is 5.73 Å². The van der Waals surface area contributed by atoms with Gasteiger partial charge >= 0.3 is 0 Å². The SMILES string of the molecule is NCc1cncc(Oc2cccnc2)n1. The van der Waals surface area contributed by atoms with Gasteiger partial charge in [-0.2, -0.15) is 0 Å². The molecule has 2 aromatic heterocycles. The van der Waals surface area contributed by atoms with E-state index in [2.05, 4.69) is 15.0 Å². The molecule has 15 heavy (non-hydrogen) atoms. The van der Waals surface area contributed by atoms with Gasteiger partial charge in [0.05, 0.1) is 18.1 Å². The van der Waals surface area contributed by atoms with Crippen molar-refractivity contribution in [3.05, 3.63) is 42.6 Å². The van der Waals surface area contributed by atoms with Crippen LogP contribution in [0.2, 0.25) is 0 Å². The number of hydrogen-bond donors (Lipinski definition) is 1. The Hall–Kier alpha value is -2.01. The Morgan fingerprint density at radius 3 is 2.87 bits per heavy atom. The molecule has 5 heteroatoms. The van der Waals surface area contributed by atoms with Crippen LogP contribution in [0.1, 0.15) is 5.69 Å². The highest BCUT2D eigenvalue weighted by molar-refractivity contribution is 5.22. The first kappa shape index (κ1) is 9.54. The normalized spacial score (nSPS) is 9.93. The van der Waals surface area contributed by atoms with Crippen LogP contribution in [0.15, 0.2) is 36.9 Å². The third-order valence-corrected chi connectivity index (χ3v) is 1.73. The molecule has 0 saturated carbocycles. The van der Waals surface area contributed by atoms with E-state index in [0.717, 1.165) is 0 Å². The summed E-state index contributed by atoms with van der Waals surface area (Å²) in [5.74, 6) is 1.05. The highest BCUT2D eigenvalue weighted by Gasteiger charge is 1.99. The Bertz CT molecular complexity index is 432. The van der Waals surface area contributed by atoms with Crippen LogP contribution in [0, 0.1) is 0 Å². The maximum absolute atomic E-state index is 5.44. The van der Waals surface area contributed by atoms with E-state index in [-0.39, 0.29) is 0 Å². The smallest absolute Gasteiger partial charge is 0.238 e. The van der Waals surface area contributed by atoms with Crippen molar-refractivity contribution >= 4 is 0 Å². The van der Waals surface area contributed by atoms with Crippen molar-refractivity contribution in [1.82, 2.24) is 15.0 Å². The number of rotatable bonds is 3. The molecule has 0 saturated heterocycles. The Labute approximate surface area is 87.0 Å². The van der Waals surface area contributed by atoms with Crippen LogP contribution in [0.3, 0.4) is 0 Å². The Morgan fingerprint density at radius 2 is 2.13 bits per heavy atom. The monoisotopic (exact) mass is 202 g/mol. The van der Waals surface area contributed by atoms with E-state index in [0.29, 0.717) is 23.9 Å². The molecule has 0 amide bonds. The van der Waals surface area contributed by atoms with Crippen molar-refractivity contribution < 1.29 is 4.74 Å². The number of ether oxygens (including phenoxy) is 1. The van der Waals surface area contributed by atoms with Gasteiger partial charge in [0.25, 0.3) is 0 Å². The molecular weight excluding hydrogens is 192 g/mol. The first-order chi connectivity index (χ1) is 7.38. The predicted molar refractivity (Wildman–Crippen MR) is 54.2 cm³/mol. The van der Waals surface area contributed by atoms with E-state index in [1.54, 1.807) is 30.7 Å². The lowest BCUT2D eigenvalue weighted by Gasteiger charge is -2.03. The zero-order chi connectivity index (χ0) is 10.5. The average molecular weight is 202 g/mol. The molecule has 76 valence electrons. The van der Waals surface area contributed by atoms with Crippen LogP contribution < -0.4 is 10.5 Å². The molecule has 0 aliphatic heterocycles. The summed E-state index contributed by atoms with van der Waals surface area (Å²) < 4.78 is 5.43. The largest absolute Gasteiger partial charge is 0.436 e. The van der Waals surface area contributed by atoms with Crippen LogP contribution in [0.25, 0.3) is 0 Å². The summed E-state index contributed by atoms with van der Waals surface area (Å²) in [4.78, 5) is 12.0. The first-order valence-electron chi connectivity index (χ1n) is 4.47. The fourth-order valence-electron chi connectivity index (χ4n) is 1.06. The van der Waals surface area contributed by atoms with Gasteiger partial charge in [0, 0.05) is 18.9 Å². The topological polar surface area (TPSA) is 73.9 Å². The molecule has 0 unspecified atom stereocenters. The standard InChI is InChI=1S/C10H10N4O/c11-4-8-5-13-7-10(14-8)15-9-2-1-3-12-6-9/h1-3,5-7H,4,11H2.